The molecular formula is C17H17ClN2O4. The Bertz CT molecular complexity index is 732. The van der Waals surface area contributed by atoms with Gasteiger partial charge in [-0.3, -0.25) is 14.9 Å². The fourth-order valence-electron chi connectivity index (χ4n) is 1.97. The lowest BCUT2D eigenvalue weighted by molar-refractivity contribution is -0.384. The Labute approximate surface area is 144 Å². The van der Waals surface area contributed by atoms with Crippen LogP contribution < -0.4 is 10.1 Å². The maximum Gasteiger partial charge on any atom is 0.289 e. The molecule has 6 nitrogen and oxygen atoms in total. The third-order valence-corrected chi connectivity index (χ3v) is 3.60. The molecule has 0 radical (unpaired) electrons. The van der Waals surface area contributed by atoms with Crippen molar-refractivity contribution < 1.29 is 14.5 Å². The van der Waals surface area contributed by atoms with Crippen LogP contribution in [-0.2, 0) is 0 Å². The first-order valence-electron chi connectivity index (χ1n) is 7.49. The number of halogens is 1. The van der Waals surface area contributed by atoms with E-state index in [0.29, 0.717) is 23.6 Å². The fourth-order valence-corrected chi connectivity index (χ4v) is 2.16. The number of hydrogen-bond donors (Lipinski definition) is 1. The van der Waals surface area contributed by atoms with Crippen LogP contribution >= 0.6 is 11.6 Å². The van der Waals surface area contributed by atoms with Crippen molar-refractivity contribution in [2.75, 3.05) is 11.9 Å². The standard InChI is InChI=1S/C17H17ClN2O4/c1-2-3-10-24-14-7-4-12(5-8-14)17(21)19-13-6-9-15(18)16(11-13)20(22)23/h4-9,11H,2-3,10H2,1H3,(H,19,21). The second kappa shape index (κ2) is 8.31. The van der Waals surface area contributed by atoms with Gasteiger partial charge in [0.2, 0.25) is 0 Å². The molecule has 1 N–H and O–H groups in total. The van der Waals surface area contributed by atoms with Crippen molar-refractivity contribution in [1.29, 1.82) is 0 Å². The van der Waals surface area contributed by atoms with Gasteiger partial charge < -0.3 is 10.1 Å². The van der Waals surface area contributed by atoms with Gasteiger partial charge in [0.15, 0.2) is 0 Å². The van der Waals surface area contributed by atoms with Gasteiger partial charge in [0, 0.05) is 17.3 Å². The van der Waals surface area contributed by atoms with Crippen LogP contribution in [0.25, 0.3) is 0 Å². The van der Waals surface area contributed by atoms with Crippen LogP contribution in [0.15, 0.2) is 42.5 Å². The van der Waals surface area contributed by atoms with Crippen molar-refractivity contribution in [2.24, 2.45) is 0 Å². The molecule has 24 heavy (non-hydrogen) atoms. The molecule has 2 aromatic carbocycles. The molecule has 2 aromatic rings. The zero-order chi connectivity index (χ0) is 17.5. The summed E-state index contributed by atoms with van der Waals surface area (Å²) in [6.07, 6.45) is 2.02. The number of nitrogens with one attached hydrogen (secondary N) is 1. The summed E-state index contributed by atoms with van der Waals surface area (Å²) in [7, 11) is 0. The van der Waals surface area contributed by atoms with Gasteiger partial charge in [-0.1, -0.05) is 24.9 Å². The molecule has 1 amide bonds. The number of nitro benzene ring substituents is 1. The van der Waals surface area contributed by atoms with E-state index in [1.807, 2.05) is 0 Å². The summed E-state index contributed by atoms with van der Waals surface area (Å²) in [5.74, 6) is 0.328. The number of rotatable bonds is 7. The lowest BCUT2D eigenvalue weighted by atomic mass is 10.2. The average molecular weight is 349 g/mol. The van der Waals surface area contributed by atoms with Gasteiger partial charge in [0.1, 0.15) is 10.8 Å². The van der Waals surface area contributed by atoms with E-state index in [0.717, 1.165) is 12.8 Å². The third kappa shape index (κ3) is 4.70. The molecule has 0 saturated heterocycles. The van der Waals surface area contributed by atoms with Crippen molar-refractivity contribution in [3.63, 3.8) is 0 Å². The van der Waals surface area contributed by atoms with E-state index in [9.17, 15) is 14.9 Å². The summed E-state index contributed by atoms with van der Waals surface area (Å²) >= 11 is 5.75. The van der Waals surface area contributed by atoms with Gasteiger partial charge in [0.25, 0.3) is 11.6 Å². The first-order valence-corrected chi connectivity index (χ1v) is 7.87. The molecule has 0 aliphatic carbocycles. The molecule has 2 rings (SSSR count). The summed E-state index contributed by atoms with van der Waals surface area (Å²) in [5.41, 5.74) is 0.476. The molecule has 0 heterocycles. The number of carbonyl (C=O) groups is 1. The highest BCUT2D eigenvalue weighted by Crippen LogP contribution is 2.27. The minimum atomic E-state index is -0.597. The Balaban J connectivity index is 2.04. The summed E-state index contributed by atoms with van der Waals surface area (Å²) in [6, 6.07) is 10.8. The Morgan fingerprint density at radius 1 is 1.25 bits per heavy atom. The zero-order valence-corrected chi connectivity index (χ0v) is 13.9. The second-order valence-corrected chi connectivity index (χ2v) is 5.51. The van der Waals surface area contributed by atoms with Crippen molar-refractivity contribution in [2.45, 2.75) is 19.8 Å². The SMILES string of the molecule is CCCCOc1ccc(C(=O)Nc2ccc(Cl)c([N+](=O)[O-])c2)cc1. The normalized spacial score (nSPS) is 10.2. The molecule has 0 fully saturated rings. The quantitative estimate of drug-likeness (QED) is 0.447. The number of hydrogen-bond acceptors (Lipinski definition) is 4. The summed E-state index contributed by atoms with van der Waals surface area (Å²) < 4.78 is 5.53. The van der Waals surface area contributed by atoms with Crippen LogP contribution in [0, 0.1) is 10.1 Å². The number of nitrogens with zero attached hydrogens (tertiary/aromatic N) is 1. The van der Waals surface area contributed by atoms with Crippen LogP contribution in [0.1, 0.15) is 30.1 Å². The minimum Gasteiger partial charge on any atom is -0.494 e. The summed E-state index contributed by atoms with van der Waals surface area (Å²) in [4.78, 5) is 22.5. The largest absolute Gasteiger partial charge is 0.494 e. The summed E-state index contributed by atoms with van der Waals surface area (Å²) in [5, 5.41) is 13.5. The molecule has 0 saturated carbocycles. The Morgan fingerprint density at radius 2 is 1.96 bits per heavy atom. The van der Waals surface area contributed by atoms with Crippen LogP contribution in [0.3, 0.4) is 0 Å². The molecule has 0 spiro atoms. The van der Waals surface area contributed by atoms with Gasteiger partial charge in [-0.15, -0.1) is 0 Å². The number of benzene rings is 2. The van der Waals surface area contributed by atoms with Crippen LogP contribution in [0.2, 0.25) is 5.02 Å². The molecule has 0 bridgehead atoms. The average Bonchev–Trinajstić information content (AvgIpc) is 2.57. The Hall–Kier alpha value is -2.60. The molecule has 0 aliphatic heterocycles. The highest BCUT2D eigenvalue weighted by atomic mass is 35.5. The van der Waals surface area contributed by atoms with Gasteiger partial charge in [-0.2, -0.15) is 0 Å². The molecule has 0 atom stereocenters. The Morgan fingerprint density at radius 3 is 2.58 bits per heavy atom. The maximum atomic E-state index is 12.2. The van der Waals surface area contributed by atoms with Gasteiger partial charge >= 0.3 is 0 Å². The Kier molecular flexibility index (Phi) is 6.14. The number of anilines is 1. The van der Waals surface area contributed by atoms with E-state index in [-0.39, 0.29) is 16.6 Å². The van der Waals surface area contributed by atoms with Crippen molar-refractivity contribution in [1.82, 2.24) is 0 Å². The van der Waals surface area contributed by atoms with Crippen molar-refractivity contribution >= 4 is 28.9 Å². The number of unbranched alkanes of at least 4 members (excludes halogenated alkanes) is 1. The first kappa shape index (κ1) is 17.7. The lowest BCUT2D eigenvalue weighted by Crippen LogP contribution is -2.12. The minimum absolute atomic E-state index is 0.0200. The predicted octanol–water partition coefficient (Wildman–Crippen LogP) is 4.68. The smallest absolute Gasteiger partial charge is 0.289 e. The van der Waals surface area contributed by atoms with Crippen molar-refractivity contribution in [3.8, 4) is 5.75 Å². The monoisotopic (exact) mass is 348 g/mol. The number of amides is 1. The lowest BCUT2D eigenvalue weighted by Gasteiger charge is -2.08. The second-order valence-electron chi connectivity index (χ2n) is 5.10. The van der Waals surface area contributed by atoms with E-state index in [1.54, 1.807) is 24.3 Å². The fraction of sp³-hybridized carbons (Fsp3) is 0.235. The number of ether oxygens (including phenoxy) is 1. The molecule has 0 aliphatic rings. The molecule has 0 aromatic heterocycles. The number of carbonyl (C=O) groups excluding carboxylic acids is 1. The molecule has 0 unspecified atom stereocenters. The van der Waals surface area contributed by atoms with Gasteiger partial charge in [-0.25, -0.2) is 0 Å². The number of nitro groups is 1. The topological polar surface area (TPSA) is 81.5 Å². The molecule has 126 valence electrons. The predicted molar refractivity (Wildman–Crippen MR) is 92.9 cm³/mol. The van der Waals surface area contributed by atoms with Crippen molar-refractivity contribution in [3.05, 3.63) is 63.2 Å². The van der Waals surface area contributed by atoms with E-state index in [1.165, 1.54) is 18.2 Å². The molecular weight excluding hydrogens is 332 g/mol. The van der Waals surface area contributed by atoms with Crippen LogP contribution in [0.5, 0.6) is 5.75 Å². The van der Waals surface area contributed by atoms with E-state index in [2.05, 4.69) is 12.2 Å². The van der Waals surface area contributed by atoms with E-state index >= 15 is 0 Å². The highest BCUT2D eigenvalue weighted by Gasteiger charge is 2.14. The maximum absolute atomic E-state index is 12.2. The van der Waals surface area contributed by atoms with Gasteiger partial charge in [-0.05, 0) is 42.8 Å². The first-order chi connectivity index (χ1) is 11.5. The van der Waals surface area contributed by atoms with E-state index < -0.39 is 4.92 Å². The highest BCUT2D eigenvalue weighted by molar-refractivity contribution is 6.32. The van der Waals surface area contributed by atoms with E-state index in [4.69, 9.17) is 16.3 Å². The molecule has 7 heteroatoms. The zero-order valence-electron chi connectivity index (χ0n) is 13.1. The van der Waals surface area contributed by atoms with Crippen LogP contribution in [-0.4, -0.2) is 17.4 Å². The third-order valence-electron chi connectivity index (χ3n) is 3.28. The summed E-state index contributed by atoms with van der Waals surface area (Å²) in [6.45, 7) is 2.72. The van der Waals surface area contributed by atoms with Gasteiger partial charge in [0.05, 0.1) is 11.5 Å². The van der Waals surface area contributed by atoms with Crippen LogP contribution in [0.4, 0.5) is 11.4 Å².